The summed E-state index contributed by atoms with van der Waals surface area (Å²) in [5.41, 5.74) is 0.973. The molecule has 1 aromatic carbocycles. The molecule has 21 heavy (non-hydrogen) atoms. The molecule has 2 rings (SSSR count). The highest BCUT2D eigenvalue weighted by Crippen LogP contribution is 2.23. The highest BCUT2D eigenvalue weighted by Gasteiger charge is 2.17. The fourth-order valence-electron chi connectivity index (χ4n) is 2.00. The Morgan fingerprint density at radius 3 is 2.86 bits per heavy atom. The van der Waals surface area contributed by atoms with Crippen LogP contribution in [-0.4, -0.2) is 27.0 Å². The van der Waals surface area contributed by atoms with E-state index in [0.29, 0.717) is 18.3 Å². The molecule has 1 atom stereocenters. The second-order valence-corrected chi connectivity index (χ2v) is 4.90. The van der Waals surface area contributed by atoms with Gasteiger partial charge in [-0.2, -0.15) is 4.98 Å². The number of benzene rings is 1. The average molecular weight is 290 g/mol. The Morgan fingerprint density at radius 2 is 2.24 bits per heavy atom. The fraction of sp³-hybridized carbons (Fsp3) is 0.429. The third-order valence-corrected chi connectivity index (χ3v) is 3.44. The van der Waals surface area contributed by atoms with E-state index in [1.165, 1.54) is 6.07 Å². The van der Waals surface area contributed by atoms with E-state index in [2.05, 4.69) is 10.1 Å². The van der Waals surface area contributed by atoms with Gasteiger partial charge in [0.1, 0.15) is 0 Å². The maximum absolute atomic E-state index is 10.8. The molecular formula is C14H18N4O3. The van der Waals surface area contributed by atoms with Crippen molar-refractivity contribution in [1.29, 1.82) is 0 Å². The predicted molar refractivity (Wildman–Crippen MR) is 76.7 cm³/mol. The molecule has 7 nitrogen and oxygen atoms in total. The number of nitro groups is 1. The van der Waals surface area contributed by atoms with Crippen LogP contribution in [0.3, 0.4) is 0 Å². The van der Waals surface area contributed by atoms with Gasteiger partial charge in [0.05, 0.1) is 11.5 Å². The molecule has 112 valence electrons. The maximum atomic E-state index is 10.8. The Labute approximate surface area is 122 Å². The number of rotatable bonds is 6. The molecule has 7 heteroatoms. The third kappa shape index (κ3) is 3.63. The van der Waals surface area contributed by atoms with Crippen LogP contribution in [0.5, 0.6) is 0 Å². The summed E-state index contributed by atoms with van der Waals surface area (Å²) in [6.07, 6.45) is 0.730. The van der Waals surface area contributed by atoms with Gasteiger partial charge in [-0.15, -0.1) is 0 Å². The highest BCUT2D eigenvalue weighted by molar-refractivity contribution is 5.35. The van der Waals surface area contributed by atoms with E-state index in [0.717, 1.165) is 12.0 Å². The van der Waals surface area contributed by atoms with Crippen LogP contribution in [-0.2, 0) is 13.0 Å². The molecule has 1 heterocycles. The van der Waals surface area contributed by atoms with Crippen LogP contribution in [0.4, 0.5) is 5.69 Å². The predicted octanol–water partition coefficient (Wildman–Crippen LogP) is 2.73. The first-order valence-electron chi connectivity index (χ1n) is 6.77. The Hall–Kier alpha value is -2.28. The van der Waals surface area contributed by atoms with Crippen molar-refractivity contribution in [3.63, 3.8) is 0 Å². The minimum absolute atomic E-state index is 0.00174. The molecule has 0 aliphatic rings. The first kappa shape index (κ1) is 15.1. The second kappa shape index (κ2) is 6.45. The van der Waals surface area contributed by atoms with Gasteiger partial charge in [0.15, 0.2) is 5.82 Å². The van der Waals surface area contributed by atoms with Crippen LogP contribution >= 0.6 is 0 Å². The topological polar surface area (TPSA) is 85.3 Å². The van der Waals surface area contributed by atoms with Gasteiger partial charge in [0.25, 0.3) is 5.69 Å². The van der Waals surface area contributed by atoms with Gasteiger partial charge >= 0.3 is 0 Å². The summed E-state index contributed by atoms with van der Waals surface area (Å²) in [6, 6.07) is 6.65. The number of aromatic nitrogens is 2. The summed E-state index contributed by atoms with van der Waals surface area (Å²) in [5, 5.41) is 14.7. The summed E-state index contributed by atoms with van der Waals surface area (Å²) in [6.45, 7) is 4.44. The number of nitro benzene ring substituents is 1. The average Bonchev–Trinajstić information content (AvgIpc) is 2.94. The van der Waals surface area contributed by atoms with Gasteiger partial charge in [0, 0.05) is 24.6 Å². The van der Waals surface area contributed by atoms with E-state index in [1.807, 2.05) is 31.9 Å². The van der Waals surface area contributed by atoms with E-state index >= 15 is 0 Å². The van der Waals surface area contributed by atoms with Crippen molar-refractivity contribution in [2.45, 2.75) is 32.9 Å². The van der Waals surface area contributed by atoms with E-state index in [9.17, 15) is 10.1 Å². The minimum Gasteiger partial charge on any atom is -0.338 e. The van der Waals surface area contributed by atoms with Crippen LogP contribution in [0.15, 0.2) is 28.8 Å². The third-order valence-electron chi connectivity index (χ3n) is 3.44. The lowest BCUT2D eigenvalue weighted by molar-refractivity contribution is -0.384. The number of hydrogen-bond donors (Lipinski definition) is 0. The molecule has 0 radical (unpaired) electrons. The maximum Gasteiger partial charge on any atom is 0.269 e. The molecule has 0 saturated carbocycles. The SMILES string of the molecule is CCc1noc(CN(C)C(C)c2cccc([N+](=O)[O-])c2)n1. The van der Waals surface area contributed by atoms with Gasteiger partial charge in [0.2, 0.25) is 5.89 Å². The van der Waals surface area contributed by atoms with Gasteiger partial charge in [-0.05, 0) is 19.5 Å². The molecule has 0 saturated heterocycles. The number of nitrogens with zero attached hydrogens (tertiary/aromatic N) is 4. The van der Waals surface area contributed by atoms with Crippen LogP contribution < -0.4 is 0 Å². The van der Waals surface area contributed by atoms with Crippen LogP contribution in [0.25, 0.3) is 0 Å². The molecule has 0 spiro atoms. The van der Waals surface area contributed by atoms with Gasteiger partial charge in [-0.1, -0.05) is 24.2 Å². The summed E-state index contributed by atoms with van der Waals surface area (Å²) >= 11 is 0. The molecule has 1 unspecified atom stereocenters. The first-order chi connectivity index (χ1) is 10.0. The van der Waals surface area contributed by atoms with Gasteiger partial charge in [-0.25, -0.2) is 0 Å². The summed E-state index contributed by atoms with van der Waals surface area (Å²) < 4.78 is 5.16. The van der Waals surface area contributed by atoms with Gasteiger partial charge < -0.3 is 4.52 Å². The molecule has 0 N–H and O–H groups in total. The molecule has 0 aliphatic heterocycles. The van der Waals surface area contributed by atoms with E-state index in [4.69, 9.17) is 4.52 Å². The lowest BCUT2D eigenvalue weighted by atomic mass is 10.1. The fourth-order valence-corrected chi connectivity index (χ4v) is 2.00. The van der Waals surface area contributed by atoms with Crippen LogP contribution in [0, 0.1) is 10.1 Å². The quantitative estimate of drug-likeness (QED) is 0.600. The van der Waals surface area contributed by atoms with Crippen molar-refractivity contribution in [2.24, 2.45) is 0 Å². The van der Waals surface area contributed by atoms with Crippen molar-refractivity contribution in [1.82, 2.24) is 15.0 Å². The van der Waals surface area contributed by atoms with Gasteiger partial charge in [-0.3, -0.25) is 15.0 Å². The molecule has 0 fully saturated rings. The molecule has 2 aromatic rings. The van der Waals surface area contributed by atoms with Crippen molar-refractivity contribution >= 4 is 5.69 Å². The second-order valence-electron chi connectivity index (χ2n) is 4.90. The Morgan fingerprint density at radius 1 is 1.48 bits per heavy atom. The number of non-ortho nitro benzene ring substituents is 1. The normalized spacial score (nSPS) is 12.6. The smallest absolute Gasteiger partial charge is 0.269 e. The standard InChI is InChI=1S/C14H18N4O3/c1-4-13-15-14(21-16-13)9-17(3)10(2)11-6-5-7-12(8-11)18(19)20/h5-8,10H,4,9H2,1-3H3. The Balaban J connectivity index is 2.09. The monoisotopic (exact) mass is 290 g/mol. The molecule has 0 aliphatic carbocycles. The zero-order valence-corrected chi connectivity index (χ0v) is 12.3. The molecular weight excluding hydrogens is 272 g/mol. The first-order valence-corrected chi connectivity index (χ1v) is 6.77. The minimum atomic E-state index is -0.387. The zero-order valence-electron chi connectivity index (χ0n) is 12.3. The molecule has 0 bridgehead atoms. The number of hydrogen-bond acceptors (Lipinski definition) is 6. The zero-order chi connectivity index (χ0) is 15.4. The Bertz CT molecular complexity index is 626. The lowest BCUT2D eigenvalue weighted by Gasteiger charge is -2.23. The van der Waals surface area contributed by atoms with Crippen molar-refractivity contribution in [3.05, 3.63) is 51.7 Å². The largest absolute Gasteiger partial charge is 0.338 e. The summed E-state index contributed by atoms with van der Waals surface area (Å²) in [7, 11) is 1.92. The highest BCUT2D eigenvalue weighted by atomic mass is 16.6. The molecule has 1 aromatic heterocycles. The van der Waals surface area contributed by atoms with E-state index < -0.39 is 0 Å². The van der Waals surface area contributed by atoms with E-state index in [-0.39, 0.29) is 16.7 Å². The van der Waals surface area contributed by atoms with Crippen molar-refractivity contribution in [2.75, 3.05) is 7.05 Å². The number of aryl methyl sites for hydroxylation is 1. The van der Waals surface area contributed by atoms with Crippen molar-refractivity contribution < 1.29 is 9.45 Å². The van der Waals surface area contributed by atoms with Crippen LogP contribution in [0.1, 0.15) is 37.2 Å². The van der Waals surface area contributed by atoms with Crippen LogP contribution in [0.2, 0.25) is 0 Å². The lowest BCUT2D eigenvalue weighted by Crippen LogP contribution is -2.22. The Kier molecular flexibility index (Phi) is 4.64. The summed E-state index contributed by atoms with van der Waals surface area (Å²) in [5.74, 6) is 1.23. The van der Waals surface area contributed by atoms with E-state index in [1.54, 1.807) is 12.1 Å². The molecule has 0 amide bonds. The van der Waals surface area contributed by atoms with Crippen molar-refractivity contribution in [3.8, 4) is 0 Å². The summed E-state index contributed by atoms with van der Waals surface area (Å²) in [4.78, 5) is 16.7.